The number of hydrogen-bond donors (Lipinski definition) is 0. The maximum atomic E-state index is 11.4. The summed E-state index contributed by atoms with van der Waals surface area (Å²) >= 11 is 0. The van der Waals surface area contributed by atoms with Crippen molar-refractivity contribution in [3.8, 4) is 0 Å². The van der Waals surface area contributed by atoms with Crippen molar-refractivity contribution in [1.82, 2.24) is 0 Å². The molecular weight excluding hydrogens is 412 g/mol. The number of carbonyl (C=O) groups is 2. The summed E-state index contributed by atoms with van der Waals surface area (Å²) in [5.41, 5.74) is -1.89. The molecule has 0 aromatic rings. The molecule has 0 aliphatic carbocycles. The van der Waals surface area contributed by atoms with Crippen molar-refractivity contribution in [2.45, 2.75) is 37.9 Å². The largest absolute Gasteiger partial charge is 0.453 e. The van der Waals surface area contributed by atoms with Crippen LogP contribution >= 0.6 is 0 Å². The van der Waals surface area contributed by atoms with Crippen LogP contribution in [0.1, 0.15) is 13.8 Å². The van der Waals surface area contributed by atoms with E-state index in [-0.39, 0.29) is 0 Å². The second-order valence-electron chi connectivity index (χ2n) is 5.82. The molecule has 158 valence electrons. The molecule has 0 N–H and O–H groups in total. The lowest BCUT2D eigenvalue weighted by atomic mass is 9.97. The lowest BCUT2D eigenvalue weighted by molar-refractivity contribution is -0.211. The van der Waals surface area contributed by atoms with E-state index in [1.165, 1.54) is 7.11 Å². The van der Waals surface area contributed by atoms with E-state index in [9.17, 15) is 26.4 Å². The number of ether oxygens (including phenoxy) is 4. The van der Waals surface area contributed by atoms with E-state index in [1.54, 1.807) is 0 Å². The maximum absolute atomic E-state index is 11.4. The van der Waals surface area contributed by atoms with Gasteiger partial charge in [-0.15, -0.1) is 0 Å². The van der Waals surface area contributed by atoms with Crippen molar-refractivity contribution in [3.05, 3.63) is 0 Å². The summed E-state index contributed by atoms with van der Waals surface area (Å²) in [6, 6.07) is 0. The minimum absolute atomic E-state index is 0.755. The maximum Gasteiger partial charge on any atom is 0.305 e. The normalized spacial score (nSPS) is 25.1. The van der Waals surface area contributed by atoms with Gasteiger partial charge < -0.3 is 18.9 Å². The lowest BCUT2D eigenvalue weighted by Gasteiger charge is -2.32. The molecule has 14 heteroatoms. The molecule has 0 radical (unpaired) electrons. The van der Waals surface area contributed by atoms with Gasteiger partial charge in [-0.3, -0.25) is 18.0 Å². The Labute approximate surface area is 157 Å². The summed E-state index contributed by atoms with van der Waals surface area (Å²) in [5.74, 6) is -1.57. The van der Waals surface area contributed by atoms with Crippen LogP contribution in [0.4, 0.5) is 0 Å². The van der Waals surface area contributed by atoms with Gasteiger partial charge in [-0.05, 0) is 0 Å². The van der Waals surface area contributed by atoms with Crippen LogP contribution < -0.4 is 0 Å². The molecule has 1 unspecified atom stereocenters. The summed E-state index contributed by atoms with van der Waals surface area (Å²) in [4.78, 5) is 22.7. The molecule has 1 rings (SSSR count). The second-order valence-corrected chi connectivity index (χ2v) is 9.11. The molecule has 1 aliphatic rings. The molecule has 1 heterocycles. The fourth-order valence-electron chi connectivity index (χ4n) is 2.41. The topological polar surface area (TPSA) is 158 Å². The second kappa shape index (κ2) is 8.79. The van der Waals surface area contributed by atoms with E-state index in [2.05, 4.69) is 0 Å². The standard InChI is InChI=1S/C13H22O12S2/c1-8(14)23-10-11(20-3)13(6-21-26(4,16)17,7-22-27(5,18)19)25-12(10)24-9(2)15/h10-12H,6-7H2,1-5H3/t10-,11-,12?/m1/s1. The van der Waals surface area contributed by atoms with Gasteiger partial charge in [0.15, 0.2) is 11.7 Å². The summed E-state index contributed by atoms with van der Waals surface area (Å²) in [5, 5.41) is 0. The van der Waals surface area contributed by atoms with Crippen LogP contribution in [0.2, 0.25) is 0 Å². The van der Waals surface area contributed by atoms with E-state index in [0.717, 1.165) is 26.4 Å². The van der Waals surface area contributed by atoms with Crippen LogP contribution in [-0.2, 0) is 57.1 Å². The monoisotopic (exact) mass is 434 g/mol. The van der Waals surface area contributed by atoms with Crippen molar-refractivity contribution in [2.75, 3.05) is 32.8 Å². The van der Waals surface area contributed by atoms with Gasteiger partial charge in [0.25, 0.3) is 20.2 Å². The van der Waals surface area contributed by atoms with Crippen molar-refractivity contribution >= 4 is 32.2 Å². The highest BCUT2D eigenvalue weighted by Crippen LogP contribution is 2.37. The molecule has 1 fully saturated rings. The minimum atomic E-state index is -3.97. The Balaban J connectivity index is 3.32. The van der Waals surface area contributed by atoms with Gasteiger partial charge in [0.2, 0.25) is 6.29 Å². The average molecular weight is 434 g/mol. The van der Waals surface area contributed by atoms with E-state index in [4.69, 9.17) is 27.3 Å². The Morgan fingerprint density at radius 1 is 0.926 bits per heavy atom. The van der Waals surface area contributed by atoms with Gasteiger partial charge >= 0.3 is 11.9 Å². The molecule has 0 amide bonds. The molecule has 27 heavy (non-hydrogen) atoms. The van der Waals surface area contributed by atoms with E-state index in [0.29, 0.717) is 0 Å². The molecule has 0 aromatic carbocycles. The van der Waals surface area contributed by atoms with E-state index >= 15 is 0 Å². The first kappa shape index (κ1) is 23.7. The highest BCUT2D eigenvalue weighted by Gasteiger charge is 2.60. The fraction of sp³-hybridized carbons (Fsp3) is 0.846. The van der Waals surface area contributed by atoms with Crippen LogP contribution in [-0.4, -0.2) is 85.7 Å². The molecule has 1 aliphatic heterocycles. The average Bonchev–Trinajstić information content (AvgIpc) is 2.74. The summed E-state index contributed by atoms with van der Waals surface area (Å²) < 4.78 is 75.9. The van der Waals surface area contributed by atoms with Crippen molar-refractivity contribution in [1.29, 1.82) is 0 Å². The number of hydrogen-bond acceptors (Lipinski definition) is 12. The van der Waals surface area contributed by atoms with Crippen LogP contribution in [0.25, 0.3) is 0 Å². The number of methoxy groups -OCH3 is 1. The van der Waals surface area contributed by atoms with Gasteiger partial charge in [-0.2, -0.15) is 16.8 Å². The first-order chi connectivity index (χ1) is 12.2. The van der Waals surface area contributed by atoms with Gasteiger partial charge in [-0.1, -0.05) is 0 Å². The minimum Gasteiger partial charge on any atom is -0.453 e. The highest BCUT2D eigenvalue weighted by atomic mass is 32.2. The quantitative estimate of drug-likeness (QED) is 0.307. The first-order valence-corrected chi connectivity index (χ1v) is 11.1. The Morgan fingerprint density at radius 3 is 1.70 bits per heavy atom. The SMILES string of the molecule is CO[C@@H]1[C@@H](OC(C)=O)C(OC(C)=O)OC1(COS(C)(=O)=O)COS(C)(=O)=O. The molecule has 0 saturated carbocycles. The zero-order chi connectivity index (χ0) is 21.0. The Bertz CT molecular complexity index is 720. The molecular formula is C13H22O12S2. The third-order valence-electron chi connectivity index (χ3n) is 3.31. The van der Waals surface area contributed by atoms with Gasteiger partial charge in [-0.25, -0.2) is 0 Å². The predicted molar refractivity (Wildman–Crippen MR) is 87.3 cm³/mol. The zero-order valence-electron chi connectivity index (χ0n) is 15.4. The summed E-state index contributed by atoms with van der Waals surface area (Å²) in [6.07, 6.45) is -2.59. The van der Waals surface area contributed by atoms with Gasteiger partial charge in [0.1, 0.15) is 19.3 Å². The van der Waals surface area contributed by atoms with Crippen molar-refractivity contribution in [2.24, 2.45) is 0 Å². The van der Waals surface area contributed by atoms with E-state index in [1.807, 2.05) is 0 Å². The van der Waals surface area contributed by atoms with Gasteiger partial charge in [0.05, 0.1) is 12.5 Å². The Kier molecular flexibility index (Phi) is 7.72. The lowest BCUT2D eigenvalue weighted by Crippen LogP contribution is -2.52. The highest BCUT2D eigenvalue weighted by molar-refractivity contribution is 7.86. The van der Waals surface area contributed by atoms with Crippen LogP contribution in [0, 0.1) is 0 Å². The molecule has 3 atom stereocenters. The molecule has 0 bridgehead atoms. The number of esters is 2. The first-order valence-electron chi connectivity index (χ1n) is 7.43. The van der Waals surface area contributed by atoms with E-state index < -0.39 is 69.5 Å². The molecule has 1 saturated heterocycles. The fourth-order valence-corrected chi connectivity index (χ4v) is 3.23. The van der Waals surface area contributed by atoms with Crippen LogP contribution in [0.3, 0.4) is 0 Å². The zero-order valence-corrected chi connectivity index (χ0v) is 17.0. The summed E-state index contributed by atoms with van der Waals surface area (Å²) in [7, 11) is -6.77. The molecule has 0 aromatic heterocycles. The smallest absolute Gasteiger partial charge is 0.305 e. The third kappa shape index (κ3) is 7.31. The Morgan fingerprint density at radius 2 is 1.37 bits per heavy atom. The number of rotatable bonds is 9. The molecule has 12 nitrogen and oxygen atoms in total. The predicted octanol–water partition coefficient (Wildman–Crippen LogP) is -1.46. The third-order valence-corrected chi connectivity index (χ3v) is 4.40. The van der Waals surface area contributed by atoms with Crippen LogP contribution in [0.15, 0.2) is 0 Å². The van der Waals surface area contributed by atoms with Crippen molar-refractivity contribution < 1.29 is 53.7 Å². The summed E-state index contributed by atoms with van der Waals surface area (Å²) in [6.45, 7) is 0.637. The molecule has 0 spiro atoms. The number of carbonyl (C=O) groups excluding carboxylic acids is 2. The van der Waals surface area contributed by atoms with Crippen LogP contribution in [0.5, 0.6) is 0 Å². The van der Waals surface area contributed by atoms with Crippen molar-refractivity contribution in [3.63, 3.8) is 0 Å². The Hall–Kier alpha value is -1.32. The van der Waals surface area contributed by atoms with Gasteiger partial charge in [0, 0.05) is 21.0 Å².